The topological polar surface area (TPSA) is 83.4 Å². The zero-order valence-electron chi connectivity index (χ0n) is 13.2. The summed E-state index contributed by atoms with van der Waals surface area (Å²) in [5.74, 6) is -3.33. The van der Waals surface area contributed by atoms with Crippen molar-refractivity contribution in [1.29, 1.82) is 0 Å². The summed E-state index contributed by atoms with van der Waals surface area (Å²) in [6.45, 7) is 1.50. The molecule has 1 amide bonds. The van der Waals surface area contributed by atoms with Crippen LogP contribution in [0.15, 0.2) is 42.6 Å². The fourth-order valence-corrected chi connectivity index (χ4v) is 3.46. The van der Waals surface area contributed by atoms with Crippen molar-refractivity contribution >= 4 is 33.4 Å². The second-order valence-corrected chi connectivity index (χ2v) is 6.48. The monoisotopic (exact) mass is 359 g/mol. The van der Waals surface area contributed by atoms with Crippen LogP contribution in [0.2, 0.25) is 0 Å². The molecule has 2 heterocycles. The first kappa shape index (κ1) is 17.0. The minimum Gasteiger partial charge on any atom is -0.474 e. The summed E-state index contributed by atoms with van der Waals surface area (Å²) in [6, 6.07) is 9.25. The first-order valence-electron chi connectivity index (χ1n) is 7.46. The number of aliphatic carboxylic acids is 1. The lowest BCUT2D eigenvalue weighted by molar-refractivity contribution is -0.157. The number of hydrogen-bond donors (Lipinski definition) is 1. The highest BCUT2D eigenvalue weighted by molar-refractivity contribution is 7.18. The first-order valence-corrected chi connectivity index (χ1v) is 8.27. The lowest BCUT2D eigenvalue weighted by atomic mass is 10.1. The van der Waals surface area contributed by atoms with Crippen LogP contribution in [0.25, 0.3) is 10.2 Å². The summed E-state index contributed by atoms with van der Waals surface area (Å²) in [7, 11) is 0. The van der Waals surface area contributed by atoms with E-state index < -0.39 is 23.7 Å². The number of hydrogen-bond acceptors (Lipinski definition) is 5. The van der Waals surface area contributed by atoms with Gasteiger partial charge in [-0.1, -0.05) is 12.1 Å². The van der Waals surface area contributed by atoms with E-state index in [2.05, 4.69) is 9.97 Å². The molecule has 1 unspecified atom stereocenters. The number of thiazole rings is 1. The highest BCUT2D eigenvalue weighted by Crippen LogP contribution is 2.27. The Kier molecular flexibility index (Phi) is 4.71. The van der Waals surface area contributed by atoms with Gasteiger partial charge >= 0.3 is 11.9 Å². The number of amides is 1. The number of pyridine rings is 1. The number of rotatable bonds is 4. The van der Waals surface area contributed by atoms with E-state index in [1.54, 1.807) is 6.92 Å². The van der Waals surface area contributed by atoms with Gasteiger partial charge in [0.15, 0.2) is 0 Å². The van der Waals surface area contributed by atoms with Crippen LogP contribution in [-0.4, -0.2) is 31.9 Å². The van der Waals surface area contributed by atoms with Crippen LogP contribution in [0.3, 0.4) is 0 Å². The van der Waals surface area contributed by atoms with E-state index >= 15 is 0 Å². The Morgan fingerprint density at radius 2 is 2.04 bits per heavy atom. The van der Waals surface area contributed by atoms with Crippen molar-refractivity contribution in [3.05, 3.63) is 59.1 Å². The van der Waals surface area contributed by atoms with Gasteiger partial charge in [0, 0.05) is 6.20 Å². The van der Waals surface area contributed by atoms with Crippen LogP contribution >= 0.6 is 11.3 Å². The van der Waals surface area contributed by atoms with Gasteiger partial charge in [0.2, 0.25) is 0 Å². The molecular weight excluding hydrogens is 345 g/mol. The van der Waals surface area contributed by atoms with Crippen molar-refractivity contribution in [1.82, 2.24) is 14.9 Å². The number of halogens is 1. The Hall–Kier alpha value is -2.87. The molecule has 2 aromatic heterocycles. The molecule has 0 fully saturated rings. The molecule has 8 heteroatoms. The van der Waals surface area contributed by atoms with Gasteiger partial charge in [0.05, 0.1) is 28.5 Å². The molecule has 1 aromatic carbocycles. The average molecular weight is 359 g/mol. The number of benzene rings is 1. The van der Waals surface area contributed by atoms with Crippen LogP contribution in [0.5, 0.6) is 0 Å². The van der Waals surface area contributed by atoms with E-state index in [0.29, 0.717) is 5.01 Å². The minimum atomic E-state index is -1.61. The second kappa shape index (κ2) is 6.94. The third-order valence-electron chi connectivity index (χ3n) is 3.74. The molecule has 1 atom stereocenters. The van der Waals surface area contributed by atoms with Crippen molar-refractivity contribution in [2.24, 2.45) is 0 Å². The maximum absolute atomic E-state index is 14.0. The molecule has 0 spiro atoms. The molecule has 0 saturated heterocycles. The minimum absolute atomic E-state index is 0.0122. The first-order chi connectivity index (χ1) is 12.0. The van der Waals surface area contributed by atoms with Crippen molar-refractivity contribution in [3.8, 4) is 0 Å². The SMILES string of the molecule is CC(c1ncccc1F)N(Cc1nc2ccccc2s1)C(=O)C(=O)O. The summed E-state index contributed by atoms with van der Waals surface area (Å²) in [5.41, 5.74) is 0.778. The van der Waals surface area contributed by atoms with Gasteiger partial charge in [0.1, 0.15) is 10.8 Å². The smallest absolute Gasteiger partial charge is 0.394 e. The van der Waals surface area contributed by atoms with Gasteiger partial charge in [-0.3, -0.25) is 9.78 Å². The normalized spacial score (nSPS) is 12.1. The Morgan fingerprint density at radius 1 is 1.28 bits per heavy atom. The number of aromatic nitrogens is 2. The molecule has 0 bridgehead atoms. The second-order valence-electron chi connectivity index (χ2n) is 5.36. The van der Waals surface area contributed by atoms with Gasteiger partial charge in [0.25, 0.3) is 0 Å². The Bertz CT molecular complexity index is 911. The van der Waals surface area contributed by atoms with Crippen LogP contribution in [0.4, 0.5) is 4.39 Å². The third-order valence-corrected chi connectivity index (χ3v) is 4.76. The number of carbonyl (C=O) groups is 2. The molecule has 0 aliphatic heterocycles. The number of fused-ring (bicyclic) bond motifs is 1. The van der Waals surface area contributed by atoms with Gasteiger partial charge in [-0.25, -0.2) is 14.2 Å². The molecule has 0 aliphatic rings. The van der Waals surface area contributed by atoms with Gasteiger partial charge in [-0.15, -0.1) is 11.3 Å². The zero-order chi connectivity index (χ0) is 18.0. The van der Waals surface area contributed by atoms with E-state index in [0.717, 1.165) is 15.1 Å². The highest BCUT2D eigenvalue weighted by atomic mass is 32.1. The number of para-hydroxylation sites is 1. The number of carboxylic acids is 1. The summed E-state index contributed by atoms with van der Waals surface area (Å²) >= 11 is 1.36. The van der Waals surface area contributed by atoms with E-state index in [9.17, 15) is 14.0 Å². The predicted octanol–water partition coefficient (Wildman–Crippen LogP) is 3.00. The Balaban J connectivity index is 1.96. The fraction of sp³-hybridized carbons (Fsp3) is 0.176. The molecule has 6 nitrogen and oxygen atoms in total. The summed E-state index contributed by atoms with van der Waals surface area (Å²) in [5, 5.41) is 9.68. The number of carboxylic acid groups (broad SMARTS) is 1. The summed E-state index contributed by atoms with van der Waals surface area (Å²) in [6.07, 6.45) is 1.40. The molecule has 1 N–H and O–H groups in total. The van der Waals surface area contributed by atoms with Crippen molar-refractivity contribution in [3.63, 3.8) is 0 Å². The zero-order valence-corrected chi connectivity index (χ0v) is 14.0. The maximum Gasteiger partial charge on any atom is 0.394 e. The molecule has 128 valence electrons. The highest BCUT2D eigenvalue weighted by Gasteiger charge is 2.30. The van der Waals surface area contributed by atoms with Crippen molar-refractivity contribution in [2.75, 3.05) is 0 Å². The van der Waals surface area contributed by atoms with Crippen LogP contribution in [-0.2, 0) is 16.1 Å². The van der Waals surface area contributed by atoms with Crippen LogP contribution in [0, 0.1) is 5.82 Å². The molecular formula is C17H14FN3O3S. The number of nitrogens with zero attached hydrogens (tertiary/aromatic N) is 3. The predicted molar refractivity (Wildman–Crippen MR) is 90.4 cm³/mol. The molecule has 25 heavy (non-hydrogen) atoms. The van der Waals surface area contributed by atoms with Gasteiger partial charge in [-0.2, -0.15) is 0 Å². The third kappa shape index (κ3) is 3.48. The Morgan fingerprint density at radius 3 is 2.72 bits per heavy atom. The molecule has 0 aliphatic carbocycles. The van der Waals surface area contributed by atoms with E-state index in [4.69, 9.17) is 5.11 Å². The van der Waals surface area contributed by atoms with Crippen molar-refractivity contribution in [2.45, 2.75) is 19.5 Å². The quantitative estimate of drug-likeness (QED) is 0.724. The lowest BCUT2D eigenvalue weighted by Crippen LogP contribution is -2.38. The molecule has 0 radical (unpaired) electrons. The van der Waals surface area contributed by atoms with E-state index in [-0.39, 0.29) is 12.2 Å². The maximum atomic E-state index is 14.0. The summed E-state index contributed by atoms with van der Waals surface area (Å²) < 4.78 is 14.9. The molecule has 3 rings (SSSR count). The van der Waals surface area contributed by atoms with Gasteiger partial charge < -0.3 is 10.0 Å². The largest absolute Gasteiger partial charge is 0.474 e. The molecule has 0 saturated carbocycles. The summed E-state index contributed by atoms with van der Waals surface area (Å²) in [4.78, 5) is 32.8. The molecule has 3 aromatic rings. The number of carbonyl (C=O) groups excluding carboxylic acids is 1. The fourth-order valence-electron chi connectivity index (χ4n) is 2.49. The van der Waals surface area contributed by atoms with E-state index in [1.165, 1.54) is 29.7 Å². The van der Waals surface area contributed by atoms with Gasteiger partial charge in [-0.05, 0) is 31.2 Å². The van der Waals surface area contributed by atoms with Crippen LogP contribution < -0.4 is 0 Å². The average Bonchev–Trinajstić information content (AvgIpc) is 3.01. The Labute approximate surface area is 146 Å². The standard InChI is InChI=1S/C17H14FN3O3S/c1-10(15-11(18)5-4-8-19-15)21(16(22)17(23)24)9-14-20-12-6-2-3-7-13(12)25-14/h2-8,10H,9H2,1H3,(H,23,24). The van der Waals surface area contributed by atoms with Crippen molar-refractivity contribution < 1.29 is 19.1 Å². The van der Waals surface area contributed by atoms with E-state index in [1.807, 2.05) is 24.3 Å². The lowest BCUT2D eigenvalue weighted by Gasteiger charge is -2.26. The van der Waals surface area contributed by atoms with Crippen LogP contribution in [0.1, 0.15) is 23.7 Å².